The van der Waals surface area contributed by atoms with Crippen LogP contribution in [-0.4, -0.2) is 10.8 Å². The van der Waals surface area contributed by atoms with Crippen molar-refractivity contribution in [1.29, 1.82) is 0 Å². The average molecular weight is 285 g/mol. The predicted octanol–water partition coefficient (Wildman–Crippen LogP) is 4.18. The second-order valence-corrected chi connectivity index (χ2v) is 5.09. The van der Waals surface area contributed by atoms with Crippen LogP contribution in [0.4, 0.5) is 8.78 Å². The Kier molecular flexibility index (Phi) is 3.29. The number of H-pyrrole nitrogens is 1. The summed E-state index contributed by atoms with van der Waals surface area (Å²) in [5.74, 6) is -1.54. The van der Waals surface area contributed by atoms with Gasteiger partial charge in [0.2, 0.25) is 0 Å². The van der Waals surface area contributed by atoms with Crippen molar-refractivity contribution in [1.82, 2.24) is 4.98 Å². The van der Waals surface area contributed by atoms with E-state index in [1.807, 2.05) is 25.1 Å². The monoisotopic (exact) mass is 285 g/mol. The van der Waals surface area contributed by atoms with Crippen LogP contribution in [0, 0.1) is 18.6 Å². The molecule has 106 valence electrons. The molecule has 21 heavy (non-hydrogen) atoms. The van der Waals surface area contributed by atoms with Gasteiger partial charge in [0.15, 0.2) is 5.78 Å². The molecule has 0 fully saturated rings. The lowest BCUT2D eigenvalue weighted by Gasteiger charge is -2.03. The van der Waals surface area contributed by atoms with Crippen molar-refractivity contribution in [3.05, 3.63) is 70.9 Å². The molecule has 1 aromatic heterocycles. The van der Waals surface area contributed by atoms with E-state index in [4.69, 9.17) is 0 Å². The summed E-state index contributed by atoms with van der Waals surface area (Å²) in [6.07, 6.45) is 1.54. The van der Waals surface area contributed by atoms with E-state index in [1.165, 1.54) is 6.07 Å². The molecule has 1 heterocycles. The van der Waals surface area contributed by atoms with E-state index in [0.29, 0.717) is 5.56 Å². The van der Waals surface area contributed by atoms with Crippen molar-refractivity contribution in [3.8, 4) is 0 Å². The van der Waals surface area contributed by atoms with Crippen molar-refractivity contribution in [2.75, 3.05) is 0 Å². The highest BCUT2D eigenvalue weighted by atomic mass is 19.1. The van der Waals surface area contributed by atoms with Gasteiger partial charge in [-0.25, -0.2) is 8.78 Å². The number of aromatic amines is 1. The maximum atomic E-state index is 13.6. The number of halogens is 2. The molecule has 2 nitrogen and oxygen atoms in total. The van der Waals surface area contributed by atoms with Gasteiger partial charge in [-0.15, -0.1) is 0 Å². The molecular formula is C17H13F2NO. The summed E-state index contributed by atoms with van der Waals surface area (Å²) in [5, 5.41) is 0.822. The maximum absolute atomic E-state index is 13.6. The minimum Gasteiger partial charge on any atom is -0.360 e. The van der Waals surface area contributed by atoms with Gasteiger partial charge in [0.05, 0.1) is 0 Å². The molecule has 0 radical (unpaired) electrons. The molecule has 0 amide bonds. The molecule has 0 saturated carbocycles. The van der Waals surface area contributed by atoms with Crippen LogP contribution in [0.3, 0.4) is 0 Å². The number of nitrogens with one attached hydrogen (secondary N) is 1. The standard InChI is InChI=1S/C17H13F2NO/c1-10-2-5-16-13(6-10)14(9-20-16)17(21)7-11-3-4-12(18)8-15(11)19/h2-6,8-9,20H,7H2,1H3. The predicted molar refractivity (Wildman–Crippen MR) is 77.4 cm³/mol. The third-order valence-corrected chi connectivity index (χ3v) is 3.50. The number of aromatic nitrogens is 1. The van der Waals surface area contributed by atoms with Crippen LogP contribution in [0.1, 0.15) is 21.5 Å². The Hall–Kier alpha value is -2.49. The van der Waals surface area contributed by atoms with Gasteiger partial charge >= 0.3 is 0 Å². The van der Waals surface area contributed by atoms with Gasteiger partial charge < -0.3 is 4.98 Å². The summed E-state index contributed by atoms with van der Waals surface area (Å²) in [6, 6.07) is 9.03. The number of fused-ring (bicyclic) bond motifs is 1. The molecule has 3 rings (SSSR count). The van der Waals surface area contributed by atoms with E-state index >= 15 is 0 Å². The van der Waals surface area contributed by atoms with Crippen LogP contribution >= 0.6 is 0 Å². The van der Waals surface area contributed by atoms with Crippen LogP contribution < -0.4 is 0 Å². The molecule has 3 aromatic rings. The number of Topliss-reactive ketones (excluding diaryl/α,β-unsaturated/α-hetero) is 1. The van der Waals surface area contributed by atoms with Crippen LogP contribution in [0.2, 0.25) is 0 Å². The van der Waals surface area contributed by atoms with E-state index in [0.717, 1.165) is 28.6 Å². The molecule has 2 aromatic carbocycles. The number of hydrogen-bond acceptors (Lipinski definition) is 1. The van der Waals surface area contributed by atoms with Crippen molar-refractivity contribution in [2.24, 2.45) is 0 Å². The fourth-order valence-corrected chi connectivity index (χ4v) is 2.40. The van der Waals surface area contributed by atoms with E-state index in [-0.39, 0.29) is 17.8 Å². The van der Waals surface area contributed by atoms with E-state index in [2.05, 4.69) is 4.98 Å². The number of carbonyl (C=O) groups is 1. The Balaban J connectivity index is 1.95. The molecule has 0 saturated heterocycles. The van der Waals surface area contributed by atoms with E-state index < -0.39 is 11.6 Å². The Labute approximate surface area is 120 Å². The molecule has 0 atom stereocenters. The lowest BCUT2D eigenvalue weighted by molar-refractivity contribution is 0.0993. The minimum absolute atomic E-state index is 0.0903. The summed E-state index contributed by atoms with van der Waals surface area (Å²) >= 11 is 0. The Morgan fingerprint density at radius 2 is 1.95 bits per heavy atom. The first-order valence-corrected chi connectivity index (χ1v) is 6.59. The van der Waals surface area contributed by atoms with Gasteiger partial charge in [-0.2, -0.15) is 0 Å². The fraction of sp³-hybridized carbons (Fsp3) is 0.118. The Morgan fingerprint density at radius 1 is 1.14 bits per heavy atom. The molecule has 0 aliphatic carbocycles. The highest BCUT2D eigenvalue weighted by molar-refractivity contribution is 6.08. The topological polar surface area (TPSA) is 32.9 Å². The lowest BCUT2D eigenvalue weighted by Crippen LogP contribution is -2.05. The van der Waals surface area contributed by atoms with Crippen molar-refractivity contribution in [2.45, 2.75) is 13.3 Å². The van der Waals surface area contributed by atoms with Crippen molar-refractivity contribution >= 4 is 16.7 Å². The van der Waals surface area contributed by atoms with Gasteiger partial charge in [0.1, 0.15) is 11.6 Å². The normalized spacial score (nSPS) is 11.0. The summed E-state index contributed by atoms with van der Waals surface area (Å²) in [4.78, 5) is 15.4. The Bertz CT molecular complexity index is 836. The first-order chi connectivity index (χ1) is 10.0. The lowest BCUT2D eigenvalue weighted by atomic mass is 10.0. The first-order valence-electron chi connectivity index (χ1n) is 6.59. The van der Waals surface area contributed by atoms with Crippen LogP contribution in [0.5, 0.6) is 0 Å². The minimum atomic E-state index is -0.695. The zero-order valence-corrected chi connectivity index (χ0v) is 11.4. The molecule has 0 bridgehead atoms. The average Bonchev–Trinajstić information content (AvgIpc) is 2.85. The van der Waals surface area contributed by atoms with Gasteiger partial charge in [-0.1, -0.05) is 17.7 Å². The third kappa shape index (κ3) is 2.57. The second-order valence-electron chi connectivity index (χ2n) is 5.09. The van der Waals surface area contributed by atoms with Crippen LogP contribution in [0.25, 0.3) is 10.9 Å². The number of aryl methyl sites for hydroxylation is 1. The second kappa shape index (κ2) is 5.13. The molecule has 1 N–H and O–H groups in total. The number of ketones is 1. The summed E-state index contributed by atoms with van der Waals surface area (Å²) < 4.78 is 26.5. The maximum Gasteiger partial charge on any atom is 0.169 e. The summed E-state index contributed by atoms with van der Waals surface area (Å²) in [6.45, 7) is 1.94. The van der Waals surface area contributed by atoms with E-state index in [9.17, 15) is 13.6 Å². The highest BCUT2D eigenvalue weighted by Gasteiger charge is 2.15. The van der Waals surface area contributed by atoms with Crippen molar-refractivity contribution < 1.29 is 13.6 Å². The SMILES string of the molecule is Cc1ccc2[nH]cc(C(=O)Cc3ccc(F)cc3F)c2c1. The Morgan fingerprint density at radius 3 is 2.71 bits per heavy atom. The summed E-state index contributed by atoms with van der Waals surface area (Å²) in [7, 11) is 0. The van der Waals surface area contributed by atoms with Gasteiger partial charge in [-0.05, 0) is 30.7 Å². The quantitative estimate of drug-likeness (QED) is 0.719. The first kappa shape index (κ1) is 13.5. The number of carbonyl (C=O) groups excluding carboxylic acids is 1. The molecule has 4 heteroatoms. The van der Waals surface area contributed by atoms with Gasteiger partial charge in [-0.3, -0.25) is 4.79 Å². The van der Waals surface area contributed by atoms with Gasteiger partial charge in [0.25, 0.3) is 0 Å². The van der Waals surface area contributed by atoms with Gasteiger partial charge in [0, 0.05) is 35.2 Å². The van der Waals surface area contributed by atoms with Crippen LogP contribution in [0.15, 0.2) is 42.6 Å². The summed E-state index contributed by atoms with van der Waals surface area (Å²) in [5.41, 5.74) is 2.63. The molecule has 0 unspecified atom stereocenters. The molecular weight excluding hydrogens is 272 g/mol. The van der Waals surface area contributed by atoms with Crippen LogP contribution in [-0.2, 0) is 6.42 Å². The number of hydrogen-bond donors (Lipinski definition) is 1. The fourth-order valence-electron chi connectivity index (χ4n) is 2.40. The number of rotatable bonds is 3. The smallest absolute Gasteiger partial charge is 0.169 e. The zero-order chi connectivity index (χ0) is 15.0. The largest absolute Gasteiger partial charge is 0.360 e. The zero-order valence-electron chi connectivity index (χ0n) is 11.4. The van der Waals surface area contributed by atoms with E-state index in [1.54, 1.807) is 6.20 Å². The number of benzene rings is 2. The van der Waals surface area contributed by atoms with Crippen molar-refractivity contribution in [3.63, 3.8) is 0 Å². The highest BCUT2D eigenvalue weighted by Crippen LogP contribution is 2.22. The molecule has 0 spiro atoms. The third-order valence-electron chi connectivity index (χ3n) is 3.50. The molecule has 0 aliphatic heterocycles. The molecule has 0 aliphatic rings.